The van der Waals surface area contributed by atoms with Crippen molar-refractivity contribution in [3.8, 4) is 0 Å². The molecule has 1 aliphatic rings. The molecule has 1 saturated carbocycles. The summed E-state index contributed by atoms with van der Waals surface area (Å²) in [5.41, 5.74) is 0. The number of carbonyl (C=O) groups excluding carboxylic acids is 8. The molecule has 0 aromatic heterocycles. The Hall–Kier alpha value is -3.82. The van der Waals surface area contributed by atoms with Crippen molar-refractivity contribution in [1.82, 2.24) is 31.9 Å². The second-order valence-electron chi connectivity index (χ2n) is 19.0. The van der Waals surface area contributed by atoms with Crippen LogP contribution in [0.2, 0.25) is 0 Å². The third-order valence-corrected chi connectivity index (χ3v) is 13.4. The van der Waals surface area contributed by atoms with E-state index in [1.165, 1.54) is 6.92 Å². The Morgan fingerprint density at radius 3 is 1.75 bits per heavy atom. The van der Waals surface area contributed by atoms with E-state index in [4.69, 9.17) is 12.6 Å². The average Bonchev–Trinajstić information content (AvgIpc) is 3.32. The first kappa shape index (κ1) is 68.2. The van der Waals surface area contributed by atoms with Gasteiger partial charge in [-0.25, -0.2) is 14.4 Å². The first-order valence-corrected chi connectivity index (χ1v) is 26.3. The Morgan fingerprint density at radius 1 is 0.569 bits per heavy atom. The molecular weight excluding hydrogens is 1030 g/mol. The monoisotopic (exact) mass is 1110 g/mol. The molecule has 22 heteroatoms. The summed E-state index contributed by atoms with van der Waals surface area (Å²) in [7, 11) is 1.86. The summed E-state index contributed by atoms with van der Waals surface area (Å²) in [4.78, 5) is 136. The van der Waals surface area contributed by atoms with Crippen LogP contribution in [-0.4, -0.2) is 131 Å². The minimum Gasteiger partial charge on any atom is -0.792 e. The van der Waals surface area contributed by atoms with Gasteiger partial charge in [-0.1, -0.05) is 32.6 Å². The number of amides is 5. The molecule has 407 valence electrons. The Balaban J connectivity index is 0.0000504. The fourth-order valence-corrected chi connectivity index (χ4v) is 8.86. The number of unbranched alkanes of at least 4 members (excludes halogenated alkanes) is 6. The molecule has 20 nitrogen and oxygen atoms in total. The van der Waals surface area contributed by atoms with Gasteiger partial charge in [-0.3, -0.25) is 38.4 Å². The van der Waals surface area contributed by atoms with E-state index in [0.717, 1.165) is 19.4 Å². The number of hydrogen-bond donors (Lipinski definition) is 9. The average molecular weight is 1110 g/mol. The summed E-state index contributed by atoms with van der Waals surface area (Å²) in [5, 5.41) is 44.1. The number of urea groups is 1. The van der Waals surface area contributed by atoms with E-state index < -0.39 is 59.8 Å². The summed E-state index contributed by atoms with van der Waals surface area (Å²) in [6.07, 6.45) is 9.76. The zero-order valence-electron chi connectivity index (χ0n) is 42.9. The quantitative estimate of drug-likeness (QED) is 0.0304. The maximum atomic E-state index is 13.4. The number of Topliss-reactive ketones (excluding diaryl/α,β-unsaturated/α-hetero) is 4. The SMILES string of the molecule is CCCC(NC(=O)NC(CCC(=O)NCC1CCC(C(=O)NCCCCCC(=O)CC(CCC(=O)O)C(=O)CC(C[S-])C(=O)CCCCCCC(=O)NC(CCCCNC)C(C)=O)CC1)C(=O)O)C(=O)O.[Y]. The van der Waals surface area contributed by atoms with E-state index in [0.29, 0.717) is 96.6 Å². The minimum absolute atomic E-state index is 0. The van der Waals surface area contributed by atoms with Crippen LogP contribution in [-0.2, 0) is 93.3 Å². The van der Waals surface area contributed by atoms with Crippen LogP contribution in [0.3, 0.4) is 0 Å². The van der Waals surface area contributed by atoms with Gasteiger partial charge in [-0.15, -0.1) is 0 Å². The predicted octanol–water partition coefficient (Wildman–Crippen LogP) is 4.30. The zero-order valence-corrected chi connectivity index (χ0v) is 46.5. The number of hydrogen-bond acceptors (Lipinski definition) is 13. The molecule has 5 amide bonds. The maximum Gasteiger partial charge on any atom is 0.326 e. The van der Waals surface area contributed by atoms with Crippen molar-refractivity contribution >= 4 is 77.4 Å². The molecule has 0 aromatic carbocycles. The first-order valence-electron chi connectivity index (χ1n) is 25.7. The second kappa shape index (κ2) is 40.6. The normalized spacial score (nSPS) is 16.3. The molecule has 0 aliphatic heterocycles. The van der Waals surface area contributed by atoms with Gasteiger partial charge in [0.25, 0.3) is 0 Å². The summed E-state index contributed by atoms with van der Waals surface area (Å²) in [5.74, 6) is -6.63. The Labute approximate surface area is 456 Å². The molecule has 0 bridgehead atoms. The Bertz CT molecular complexity index is 1730. The van der Waals surface area contributed by atoms with Crippen LogP contribution < -0.4 is 31.9 Å². The molecule has 1 fully saturated rings. The summed E-state index contributed by atoms with van der Waals surface area (Å²) in [6.45, 7) is 4.84. The van der Waals surface area contributed by atoms with E-state index in [1.54, 1.807) is 6.92 Å². The van der Waals surface area contributed by atoms with Gasteiger partial charge >= 0.3 is 23.9 Å². The zero-order chi connectivity index (χ0) is 53.1. The van der Waals surface area contributed by atoms with Crippen LogP contribution in [0.25, 0.3) is 0 Å². The van der Waals surface area contributed by atoms with Gasteiger partial charge in [-0.05, 0) is 116 Å². The topological polar surface area (TPSA) is 321 Å². The number of carbonyl (C=O) groups is 11. The molecule has 1 radical (unpaired) electrons. The van der Waals surface area contributed by atoms with Crippen molar-refractivity contribution < 1.29 is 101 Å². The van der Waals surface area contributed by atoms with Crippen LogP contribution >= 0.6 is 0 Å². The molecule has 1 aliphatic carbocycles. The smallest absolute Gasteiger partial charge is 0.326 e. The molecule has 5 atom stereocenters. The summed E-state index contributed by atoms with van der Waals surface area (Å²) >= 11 is 5.22. The van der Waals surface area contributed by atoms with Crippen LogP contribution in [0, 0.1) is 23.7 Å². The number of aliphatic carboxylic acids is 3. The fraction of sp³-hybridized carbons (Fsp3) is 0.780. The maximum absolute atomic E-state index is 13.4. The standard InChI is InChI=1S/C50H84N6O14S.Y/c1-4-14-40(48(66)67)55-50(70)56-41(49(68)69)24-25-44(61)53-31-34-19-21-35(22-20-34)47(65)52-28-12-7-8-15-38(58)29-36(23-26-46(63)64)43(60)30-37(32-71)42(59)17-9-5-6-10-18-45(62)54-39(33(2)57)16-11-13-27-51-3;/h34-37,39-41,51,71H,4-32H2,1-3H3,(H,52,65)(H,53,61)(H,54,62)(H,63,64)(H,66,67)(H,68,69)(H2,55,56,70);/p-1. The van der Waals surface area contributed by atoms with E-state index in [9.17, 15) is 68.1 Å². The molecule has 72 heavy (non-hydrogen) atoms. The van der Waals surface area contributed by atoms with Crippen molar-refractivity contribution in [3.63, 3.8) is 0 Å². The second-order valence-corrected chi connectivity index (χ2v) is 19.3. The molecular formula is C50H83N6O14SY-. The van der Waals surface area contributed by atoms with Gasteiger partial charge in [0.2, 0.25) is 17.7 Å². The number of nitrogens with one attached hydrogen (secondary N) is 6. The molecule has 0 heterocycles. The van der Waals surface area contributed by atoms with Gasteiger partial charge in [0.15, 0.2) is 5.78 Å². The summed E-state index contributed by atoms with van der Waals surface area (Å²) in [6, 6.07) is -4.00. The van der Waals surface area contributed by atoms with E-state index in [1.807, 2.05) is 7.05 Å². The number of ketones is 4. The molecule has 5 unspecified atom stereocenters. The van der Waals surface area contributed by atoms with Crippen molar-refractivity contribution in [2.24, 2.45) is 23.7 Å². The Kier molecular flexibility index (Phi) is 38.4. The minimum atomic E-state index is -1.39. The fourth-order valence-electron chi connectivity index (χ4n) is 8.56. The number of carboxylic acids is 3. The Morgan fingerprint density at radius 2 is 1.17 bits per heavy atom. The van der Waals surface area contributed by atoms with Gasteiger partial charge < -0.3 is 59.8 Å². The largest absolute Gasteiger partial charge is 0.792 e. The van der Waals surface area contributed by atoms with Crippen molar-refractivity contribution in [2.45, 2.75) is 192 Å². The predicted molar refractivity (Wildman–Crippen MR) is 267 cm³/mol. The van der Waals surface area contributed by atoms with Crippen molar-refractivity contribution in [1.29, 1.82) is 0 Å². The van der Waals surface area contributed by atoms with Crippen molar-refractivity contribution in [3.05, 3.63) is 0 Å². The third-order valence-electron chi connectivity index (χ3n) is 13.0. The number of rotatable bonds is 42. The van der Waals surface area contributed by atoms with Gasteiger partial charge in [-0.2, -0.15) is 5.75 Å². The summed E-state index contributed by atoms with van der Waals surface area (Å²) < 4.78 is 0. The molecule has 0 spiro atoms. The molecule has 1 rings (SSSR count). The van der Waals surface area contributed by atoms with Crippen LogP contribution in [0.1, 0.15) is 174 Å². The molecule has 0 saturated heterocycles. The van der Waals surface area contributed by atoms with Crippen LogP contribution in [0.4, 0.5) is 4.79 Å². The number of carboxylic acid groups (broad SMARTS) is 3. The third kappa shape index (κ3) is 31.7. The van der Waals surface area contributed by atoms with Gasteiger partial charge in [0.05, 0.1) is 6.04 Å². The van der Waals surface area contributed by atoms with Crippen molar-refractivity contribution in [2.75, 3.05) is 32.4 Å². The van der Waals surface area contributed by atoms with Crippen LogP contribution in [0.15, 0.2) is 0 Å². The van der Waals surface area contributed by atoms with E-state index >= 15 is 0 Å². The van der Waals surface area contributed by atoms with Gasteiger partial charge in [0, 0.05) is 108 Å². The molecule has 0 aromatic rings. The van der Waals surface area contributed by atoms with E-state index in [-0.39, 0.29) is 149 Å². The van der Waals surface area contributed by atoms with E-state index in [2.05, 4.69) is 31.9 Å². The first-order chi connectivity index (χ1) is 33.8. The van der Waals surface area contributed by atoms with Crippen LogP contribution in [0.5, 0.6) is 0 Å². The molecule has 9 N–H and O–H groups in total. The van der Waals surface area contributed by atoms with Gasteiger partial charge in [0.1, 0.15) is 29.4 Å².